The van der Waals surface area contributed by atoms with Crippen molar-refractivity contribution >= 4 is 35.6 Å². The molecule has 10 nitrogen and oxygen atoms in total. The van der Waals surface area contributed by atoms with Crippen LogP contribution in [0.4, 0.5) is 4.79 Å². The van der Waals surface area contributed by atoms with Crippen LogP contribution in [0.25, 0.3) is 0 Å². The third kappa shape index (κ3) is 10.7. The maximum Gasteiger partial charge on any atom is 0.338 e. The number of fused-ring (bicyclic) bond motifs is 1. The van der Waals surface area contributed by atoms with Gasteiger partial charge in [0.25, 0.3) is 0 Å². The summed E-state index contributed by atoms with van der Waals surface area (Å²) >= 11 is 1.93. The molecule has 218 valence electrons. The molecule has 11 heteroatoms. The van der Waals surface area contributed by atoms with Gasteiger partial charge in [0.1, 0.15) is 6.61 Å². The first-order chi connectivity index (χ1) is 18.4. The number of carbonyl (C=O) groups excluding carboxylic acids is 3. The summed E-state index contributed by atoms with van der Waals surface area (Å²) in [5.41, 5.74) is 0.591. The van der Waals surface area contributed by atoms with Gasteiger partial charge in [-0.3, -0.25) is 4.79 Å². The average molecular weight is 566 g/mol. The van der Waals surface area contributed by atoms with E-state index in [-0.39, 0.29) is 35.6 Å². The van der Waals surface area contributed by atoms with E-state index in [9.17, 15) is 19.2 Å². The number of methoxy groups -OCH3 is 1. The van der Waals surface area contributed by atoms with E-state index >= 15 is 0 Å². The Hall–Kier alpha value is -2.79. The molecule has 2 saturated heterocycles. The second-order valence-electron chi connectivity index (χ2n) is 10.8. The van der Waals surface area contributed by atoms with Crippen LogP contribution >= 0.6 is 11.8 Å². The second kappa shape index (κ2) is 15.7. The van der Waals surface area contributed by atoms with Crippen molar-refractivity contribution in [3.8, 4) is 0 Å². The molecule has 2 heterocycles. The van der Waals surface area contributed by atoms with Crippen molar-refractivity contribution in [3.05, 3.63) is 35.4 Å². The highest BCUT2D eigenvalue weighted by atomic mass is 32.2. The minimum absolute atomic E-state index is 0.0301. The molecule has 0 aliphatic carbocycles. The van der Waals surface area contributed by atoms with Crippen LogP contribution in [0, 0.1) is 11.3 Å². The number of esters is 1. The summed E-state index contributed by atoms with van der Waals surface area (Å²) in [6.07, 6.45) is 3.63. The molecule has 3 unspecified atom stereocenters. The highest BCUT2D eigenvalue weighted by molar-refractivity contribution is 8.00. The second-order valence-corrected chi connectivity index (χ2v) is 12.1. The first-order valence-corrected chi connectivity index (χ1v) is 14.4. The molecule has 2 aliphatic heterocycles. The number of rotatable bonds is 13. The van der Waals surface area contributed by atoms with Crippen molar-refractivity contribution in [3.63, 3.8) is 0 Å². The van der Waals surface area contributed by atoms with Crippen LogP contribution in [0.5, 0.6) is 0 Å². The molecule has 3 amide bonds. The Kier molecular flexibility index (Phi) is 13.1. The number of carboxylic acid groups (broad SMARTS) is 1. The topological polar surface area (TPSA) is 143 Å². The summed E-state index contributed by atoms with van der Waals surface area (Å²) in [5.74, 6) is 0.184. The van der Waals surface area contributed by atoms with Gasteiger partial charge in [-0.25, -0.2) is 14.4 Å². The Labute approximate surface area is 235 Å². The van der Waals surface area contributed by atoms with Gasteiger partial charge in [0.2, 0.25) is 5.91 Å². The Balaban J connectivity index is 0.000000293. The number of ether oxygens (including phenoxy) is 2. The van der Waals surface area contributed by atoms with Gasteiger partial charge in [0, 0.05) is 31.1 Å². The molecule has 0 radical (unpaired) electrons. The molecule has 0 aromatic heterocycles. The third-order valence-electron chi connectivity index (χ3n) is 7.27. The molecule has 4 N–H and O–H groups in total. The SMILES string of the molecule is CC(C)C(C)(C)CNC(=O)CCCCC1SCC2NC(=O)NC21.COCCOC(=O)c1ccc(C(=O)O)cc1. The maximum atomic E-state index is 12.0. The summed E-state index contributed by atoms with van der Waals surface area (Å²) in [4.78, 5) is 45.2. The minimum atomic E-state index is -1.03. The fourth-order valence-electron chi connectivity index (χ4n) is 3.94. The number of carboxylic acids is 1. The lowest BCUT2D eigenvalue weighted by molar-refractivity contribution is -0.121. The van der Waals surface area contributed by atoms with Crippen LogP contribution < -0.4 is 16.0 Å². The monoisotopic (exact) mass is 565 g/mol. The summed E-state index contributed by atoms with van der Waals surface area (Å²) in [5, 5.41) is 18.2. The molecule has 1 aromatic rings. The number of unbranched alkanes of at least 4 members (excludes halogenated alkanes) is 1. The standard InChI is InChI=1S/C17H31N3O2S.C11H12O5/c1-11(2)17(3,4)10-18-14(21)8-6-5-7-13-15-12(9-23-13)19-16(22)20-15;1-15-6-7-16-11(14)9-4-2-8(3-5-9)10(12)13/h11-13,15H,5-10H2,1-4H3,(H,18,21)(H2,19,20,22);2-5H,6-7H2,1H3,(H,12,13). The molecule has 39 heavy (non-hydrogen) atoms. The van der Waals surface area contributed by atoms with E-state index in [1.165, 1.54) is 31.4 Å². The molecule has 3 atom stereocenters. The number of thioether (sulfide) groups is 1. The Bertz CT molecular complexity index is 968. The van der Waals surface area contributed by atoms with Gasteiger partial charge >= 0.3 is 18.0 Å². The summed E-state index contributed by atoms with van der Waals surface area (Å²) in [6, 6.07) is 6.08. The zero-order chi connectivity index (χ0) is 29.0. The van der Waals surface area contributed by atoms with E-state index in [1.807, 2.05) is 11.8 Å². The lowest BCUT2D eigenvalue weighted by Gasteiger charge is -2.29. The maximum absolute atomic E-state index is 12.0. The molecule has 0 bridgehead atoms. The van der Waals surface area contributed by atoms with Crippen molar-refractivity contribution in [2.45, 2.75) is 70.7 Å². The van der Waals surface area contributed by atoms with Crippen LogP contribution in [0.1, 0.15) is 74.1 Å². The van der Waals surface area contributed by atoms with E-state index in [4.69, 9.17) is 14.6 Å². The number of benzene rings is 1. The molecule has 3 rings (SSSR count). The highest BCUT2D eigenvalue weighted by Crippen LogP contribution is 2.33. The van der Waals surface area contributed by atoms with E-state index in [2.05, 4.69) is 43.6 Å². The number of aromatic carboxylic acids is 1. The van der Waals surface area contributed by atoms with Gasteiger partial charge in [-0.05, 0) is 48.4 Å². The summed E-state index contributed by atoms with van der Waals surface area (Å²) in [7, 11) is 1.51. The number of nitrogens with one attached hydrogen (secondary N) is 3. The lowest BCUT2D eigenvalue weighted by atomic mass is 9.81. The number of amides is 3. The molecule has 1 aromatic carbocycles. The van der Waals surface area contributed by atoms with Crippen molar-refractivity contribution < 1.29 is 33.8 Å². The van der Waals surface area contributed by atoms with Gasteiger partial charge in [0.05, 0.1) is 29.8 Å². The quantitative estimate of drug-likeness (QED) is 0.161. The normalized spacial score (nSPS) is 19.8. The predicted molar refractivity (Wildman–Crippen MR) is 151 cm³/mol. The molecular formula is C28H43N3O7S. The van der Waals surface area contributed by atoms with E-state index < -0.39 is 11.9 Å². The first-order valence-electron chi connectivity index (χ1n) is 13.4. The van der Waals surface area contributed by atoms with E-state index in [0.29, 0.717) is 35.8 Å². The van der Waals surface area contributed by atoms with Gasteiger partial charge in [-0.1, -0.05) is 34.1 Å². The van der Waals surface area contributed by atoms with Crippen molar-refractivity contribution in [2.24, 2.45) is 11.3 Å². The summed E-state index contributed by atoms with van der Waals surface area (Å²) in [6.45, 7) is 10.0. The zero-order valence-corrected chi connectivity index (χ0v) is 24.4. The number of hydrogen-bond donors (Lipinski definition) is 4. The number of urea groups is 1. The molecule has 2 fully saturated rings. The van der Waals surface area contributed by atoms with Gasteiger partial charge < -0.3 is 30.5 Å². The van der Waals surface area contributed by atoms with Gasteiger partial charge in [-0.2, -0.15) is 11.8 Å². The Morgan fingerprint density at radius 3 is 2.38 bits per heavy atom. The lowest BCUT2D eigenvalue weighted by Crippen LogP contribution is -2.37. The Morgan fingerprint density at radius 2 is 1.77 bits per heavy atom. The van der Waals surface area contributed by atoms with Crippen LogP contribution in [0.2, 0.25) is 0 Å². The Morgan fingerprint density at radius 1 is 1.10 bits per heavy atom. The minimum Gasteiger partial charge on any atom is -0.478 e. The summed E-state index contributed by atoms with van der Waals surface area (Å²) < 4.78 is 9.58. The van der Waals surface area contributed by atoms with Gasteiger partial charge in [-0.15, -0.1) is 0 Å². The predicted octanol–water partition coefficient (Wildman–Crippen LogP) is 3.70. The third-order valence-corrected chi connectivity index (χ3v) is 8.78. The molecule has 2 aliphatic rings. The van der Waals surface area contributed by atoms with Gasteiger partial charge in [0.15, 0.2) is 0 Å². The van der Waals surface area contributed by atoms with Crippen LogP contribution in [-0.4, -0.2) is 78.9 Å². The van der Waals surface area contributed by atoms with Crippen LogP contribution in [-0.2, 0) is 14.3 Å². The largest absolute Gasteiger partial charge is 0.478 e. The zero-order valence-electron chi connectivity index (χ0n) is 23.6. The fourth-order valence-corrected chi connectivity index (χ4v) is 5.49. The number of carbonyl (C=O) groups is 4. The highest BCUT2D eigenvalue weighted by Gasteiger charge is 2.42. The molecule has 0 saturated carbocycles. The average Bonchev–Trinajstić information content (AvgIpc) is 3.45. The van der Waals surface area contributed by atoms with E-state index in [1.54, 1.807) is 0 Å². The van der Waals surface area contributed by atoms with Crippen LogP contribution in [0.3, 0.4) is 0 Å². The first kappa shape index (κ1) is 32.4. The number of hydrogen-bond acceptors (Lipinski definition) is 7. The fraction of sp³-hybridized carbons (Fsp3) is 0.643. The van der Waals surface area contributed by atoms with Crippen LogP contribution in [0.15, 0.2) is 24.3 Å². The molecule has 0 spiro atoms. The molecular weight excluding hydrogens is 522 g/mol. The smallest absolute Gasteiger partial charge is 0.338 e. The van der Waals surface area contributed by atoms with E-state index in [0.717, 1.165) is 31.6 Å². The van der Waals surface area contributed by atoms with Crippen molar-refractivity contribution in [1.82, 2.24) is 16.0 Å². The van der Waals surface area contributed by atoms with Crippen molar-refractivity contribution in [2.75, 3.05) is 32.6 Å². The van der Waals surface area contributed by atoms with Crippen molar-refractivity contribution in [1.29, 1.82) is 0 Å².